The van der Waals surface area contributed by atoms with Crippen molar-refractivity contribution in [3.8, 4) is 0 Å². The summed E-state index contributed by atoms with van der Waals surface area (Å²) in [5, 5.41) is 10.1. The van der Waals surface area contributed by atoms with Crippen LogP contribution in [-0.4, -0.2) is 23.5 Å². The van der Waals surface area contributed by atoms with Crippen molar-refractivity contribution in [3.05, 3.63) is 0 Å². The van der Waals surface area contributed by atoms with Gasteiger partial charge in [-0.25, -0.2) is 0 Å². The molecule has 0 aromatic heterocycles. The van der Waals surface area contributed by atoms with Crippen LogP contribution in [-0.2, 0) is 15.2 Å². The second kappa shape index (κ2) is 17.4. The Morgan fingerprint density at radius 3 is 1.45 bits per heavy atom. The summed E-state index contributed by atoms with van der Waals surface area (Å²) in [6.45, 7) is 2.22. The molecule has 0 radical (unpaired) electrons. The molecule has 0 saturated heterocycles. The van der Waals surface area contributed by atoms with Crippen molar-refractivity contribution in [2.75, 3.05) is 0 Å². The predicted molar refractivity (Wildman–Crippen MR) is 67.3 cm³/mol. The van der Waals surface area contributed by atoms with Crippen molar-refractivity contribution in [1.82, 2.24) is 0 Å². The van der Waals surface area contributed by atoms with Crippen LogP contribution in [0.4, 0.5) is 0 Å². The first-order chi connectivity index (χ1) is 8.77. The molecular formula is C12H23NaO6S-2. The maximum atomic E-state index is 10.1. The maximum Gasteiger partial charge on any atom is 1.00 e. The summed E-state index contributed by atoms with van der Waals surface area (Å²) >= 11 is 0. The van der Waals surface area contributed by atoms with Gasteiger partial charge < -0.3 is 19.0 Å². The van der Waals surface area contributed by atoms with Crippen LogP contribution in [0.15, 0.2) is 0 Å². The van der Waals surface area contributed by atoms with E-state index in [1.54, 1.807) is 0 Å². The number of carboxylic acid groups (broad SMARTS) is 1. The fourth-order valence-electron chi connectivity index (χ4n) is 1.58. The standard InChI is InChI=1S/C12H24O2.Na.H2O4S/c1-2-3-4-5-6-7-8-9-10-11-12(13)14;;1-5(2,3)4/h2-11H2,1H3,(H,13,14);;(H2,1,2,3,4)/q;+1;/p-3. The number of hydrogen-bond donors (Lipinski definition) is 0. The Morgan fingerprint density at radius 1 is 0.850 bits per heavy atom. The Labute approximate surface area is 144 Å². The fourth-order valence-corrected chi connectivity index (χ4v) is 1.58. The van der Waals surface area contributed by atoms with Gasteiger partial charge in [0, 0.05) is 16.4 Å². The maximum absolute atomic E-state index is 10.1. The zero-order chi connectivity index (χ0) is 15.1. The SMILES string of the molecule is CCCCCCCCCCCC(=O)[O-].O=S(=O)([O-])[O-].[Na+]. The minimum atomic E-state index is -5.17. The molecule has 0 aliphatic carbocycles. The fraction of sp³-hybridized carbons (Fsp3) is 0.917. The number of carboxylic acids is 1. The molecule has 0 heterocycles. The van der Waals surface area contributed by atoms with Gasteiger partial charge in [-0.15, -0.1) is 0 Å². The van der Waals surface area contributed by atoms with Gasteiger partial charge in [-0.3, -0.25) is 8.42 Å². The van der Waals surface area contributed by atoms with E-state index < -0.39 is 16.4 Å². The molecule has 0 spiro atoms. The Bertz CT molecular complexity index is 297. The van der Waals surface area contributed by atoms with E-state index in [0.29, 0.717) is 0 Å². The first-order valence-corrected chi connectivity index (χ1v) is 7.97. The second-order valence-electron chi connectivity index (χ2n) is 4.36. The molecule has 0 aliphatic rings. The van der Waals surface area contributed by atoms with Gasteiger partial charge in [0.1, 0.15) is 0 Å². The van der Waals surface area contributed by atoms with Gasteiger partial charge in [0.25, 0.3) is 0 Å². The molecular weight excluding hydrogens is 295 g/mol. The number of aliphatic carboxylic acids is 1. The van der Waals surface area contributed by atoms with E-state index in [4.69, 9.17) is 17.5 Å². The molecule has 0 amide bonds. The van der Waals surface area contributed by atoms with Crippen LogP contribution in [0.25, 0.3) is 0 Å². The van der Waals surface area contributed by atoms with E-state index in [1.807, 2.05) is 0 Å². The van der Waals surface area contributed by atoms with Crippen LogP contribution in [0.1, 0.15) is 71.1 Å². The zero-order valence-corrected chi connectivity index (χ0v) is 15.2. The normalized spacial score (nSPS) is 10.2. The number of unbranched alkanes of at least 4 members (excludes halogenated alkanes) is 8. The molecule has 116 valence electrons. The van der Waals surface area contributed by atoms with Gasteiger partial charge in [-0.05, 0) is 12.8 Å². The van der Waals surface area contributed by atoms with Crippen molar-refractivity contribution in [2.24, 2.45) is 0 Å². The van der Waals surface area contributed by atoms with Crippen LogP contribution in [0.3, 0.4) is 0 Å². The van der Waals surface area contributed by atoms with Crippen LogP contribution < -0.4 is 34.7 Å². The van der Waals surface area contributed by atoms with Crippen LogP contribution >= 0.6 is 0 Å². The quantitative estimate of drug-likeness (QED) is 0.205. The molecule has 0 unspecified atom stereocenters. The minimum Gasteiger partial charge on any atom is -0.759 e. The summed E-state index contributed by atoms with van der Waals surface area (Å²) in [5.74, 6) is -0.909. The molecule has 0 atom stereocenters. The third-order valence-electron chi connectivity index (χ3n) is 2.48. The van der Waals surface area contributed by atoms with Gasteiger partial charge in [0.05, 0.1) is 0 Å². The van der Waals surface area contributed by atoms with Crippen molar-refractivity contribution in [2.45, 2.75) is 71.1 Å². The first kappa shape index (κ1) is 25.3. The van der Waals surface area contributed by atoms with E-state index >= 15 is 0 Å². The van der Waals surface area contributed by atoms with Crippen molar-refractivity contribution in [3.63, 3.8) is 0 Å². The van der Waals surface area contributed by atoms with E-state index in [0.717, 1.165) is 12.8 Å². The molecule has 20 heavy (non-hydrogen) atoms. The summed E-state index contributed by atoms with van der Waals surface area (Å²) in [6, 6.07) is 0. The monoisotopic (exact) mass is 318 g/mol. The molecule has 0 aromatic rings. The summed E-state index contributed by atoms with van der Waals surface area (Å²) < 4.78 is 34.1. The van der Waals surface area contributed by atoms with Gasteiger partial charge in [0.2, 0.25) is 0 Å². The van der Waals surface area contributed by atoms with Gasteiger partial charge in [0.15, 0.2) is 0 Å². The summed E-state index contributed by atoms with van der Waals surface area (Å²) in [7, 11) is -5.17. The van der Waals surface area contributed by atoms with Crippen molar-refractivity contribution >= 4 is 16.4 Å². The zero-order valence-electron chi connectivity index (χ0n) is 12.4. The third kappa shape index (κ3) is 42.9. The molecule has 8 heteroatoms. The Hall–Kier alpha value is 0.340. The average molecular weight is 318 g/mol. The van der Waals surface area contributed by atoms with Crippen molar-refractivity contribution < 1.29 is 57.0 Å². The van der Waals surface area contributed by atoms with Crippen LogP contribution in [0, 0.1) is 0 Å². The smallest absolute Gasteiger partial charge is 0.759 e. The summed E-state index contributed by atoms with van der Waals surface area (Å²) in [6.07, 6.45) is 11.2. The number of carbonyl (C=O) groups excluding carboxylic acids is 1. The largest absolute Gasteiger partial charge is 1.00 e. The molecule has 0 bridgehead atoms. The summed E-state index contributed by atoms with van der Waals surface area (Å²) in [4.78, 5) is 10.1. The Morgan fingerprint density at radius 2 is 1.15 bits per heavy atom. The molecule has 0 rings (SSSR count). The van der Waals surface area contributed by atoms with E-state index in [9.17, 15) is 9.90 Å². The average Bonchev–Trinajstić information content (AvgIpc) is 2.24. The molecule has 0 fully saturated rings. The first-order valence-electron chi connectivity index (χ1n) is 6.64. The Balaban J connectivity index is -0.000000414. The molecule has 0 saturated carbocycles. The molecule has 0 aliphatic heterocycles. The van der Waals surface area contributed by atoms with Gasteiger partial charge >= 0.3 is 29.6 Å². The number of rotatable bonds is 10. The topological polar surface area (TPSA) is 120 Å². The van der Waals surface area contributed by atoms with Gasteiger partial charge in [-0.1, -0.05) is 58.3 Å². The molecule has 0 aromatic carbocycles. The summed E-state index contributed by atoms with van der Waals surface area (Å²) in [5.41, 5.74) is 0. The van der Waals surface area contributed by atoms with E-state index in [1.165, 1.54) is 44.9 Å². The number of hydrogen-bond acceptors (Lipinski definition) is 6. The van der Waals surface area contributed by atoms with Gasteiger partial charge in [-0.2, -0.15) is 0 Å². The third-order valence-corrected chi connectivity index (χ3v) is 2.48. The Kier molecular flexibility index (Phi) is 22.0. The molecule has 6 nitrogen and oxygen atoms in total. The van der Waals surface area contributed by atoms with E-state index in [2.05, 4.69) is 6.92 Å². The van der Waals surface area contributed by atoms with Crippen LogP contribution in [0.5, 0.6) is 0 Å². The van der Waals surface area contributed by atoms with Crippen molar-refractivity contribution in [1.29, 1.82) is 0 Å². The molecule has 0 N–H and O–H groups in total. The number of carbonyl (C=O) groups is 1. The minimum absolute atomic E-state index is 0. The second-order valence-corrected chi connectivity index (χ2v) is 5.18. The van der Waals surface area contributed by atoms with Crippen LogP contribution in [0.2, 0.25) is 0 Å². The predicted octanol–water partition coefficient (Wildman–Crippen LogP) is -1.68. The van der Waals surface area contributed by atoms with E-state index in [-0.39, 0.29) is 36.0 Å².